The molecule has 0 fully saturated rings. The van der Waals surface area contributed by atoms with Crippen molar-refractivity contribution in [2.75, 3.05) is 20.7 Å². The van der Waals surface area contributed by atoms with Gasteiger partial charge in [0.1, 0.15) is 5.75 Å². The minimum Gasteiger partial charge on any atom is -0.497 e. The highest BCUT2D eigenvalue weighted by molar-refractivity contribution is 5.76. The molecule has 0 spiro atoms. The van der Waals surface area contributed by atoms with Crippen molar-refractivity contribution in [3.05, 3.63) is 29.8 Å². The Balaban J connectivity index is 2.57. The summed E-state index contributed by atoms with van der Waals surface area (Å²) in [6.07, 6.45) is 0.497. The van der Waals surface area contributed by atoms with Crippen LogP contribution in [0.2, 0.25) is 0 Å². The lowest BCUT2D eigenvalue weighted by molar-refractivity contribution is -0.131. The summed E-state index contributed by atoms with van der Waals surface area (Å²) in [6, 6.07) is 7.74. The quantitative estimate of drug-likeness (QED) is 0.835. The molecule has 1 aromatic carbocycles. The number of hydrogen-bond donors (Lipinski definition) is 1. The summed E-state index contributed by atoms with van der Waals surface area (Å²) in [5.74, 6) is 1.16. The van der Waals surface area contributed by atoms with Crippen LogP contribution < -0.4 is 10.5 Å². The van der Waals surface area contributed by atoms with Crippen molar-refractivity contribution in [2.24, 2.45) is 11.7 Å². The zero-order valence-corrected chi connectivity index (χ0v) is 11.3. The molecule has 0 heterocycles. The first-order chi connectivity index (χ1) is 8.56. The van der Waals surface area contributed by atoms with Gasteiger partial charge in [0.05, 0.1) is 7.11 Å². The minimum absolute atomic E-state index is 0.121. The summed E-state index contributed by atoms with van der Waals surface area (Å²) in [5, 5.41) is 0. The third-order valence-corrected chi connectivity index (χ3v) is 2.91. The van der Waals surface area contributed by atoms with E-state index in [4.69, 9.17) is 10.5 Å². The van der Waals surface area contributed by atoms with Gasteiger partial charge in [-0.25, -0.2) is 0 Å². The van der Waals surface area contributed by atoms with Crippen LogP contribution in [0.5, 0.6) is 5.75 Å². The Hall–Kier alpha value is -1.55. The van der Waals surface area contributed by atoms with Gasteiger partial charge >= 0.3 is 0 Å². The van der Waals surface area contributed by atoms with Gasteiger partial charge in [-0.05, 0) is 30.2 Å². The highest BCUT2D eigenvalue weighted by Gasteiger charge is 2.12. The van der Waals surface area contributed by atoms with Crippen molar-refractivity contribution in [3.63, 3.8) is 0 Å². The van der Waals surface area contributed by atoms with Gasteiger partial charge in [0.15, 0.2) is 0 Å². The van der Waals surface area contributed by atoms with Crippen LogP contribution in [0.15, 0.2) is 24.3 Å². The van der Waals surface area contributed by atoms with E-state index in [1.54, 1.807) is 12.0 Å². The van der Waals surface area contributed by atoms with E-state index in [9.17, 15) is 4.79 Å². The molecular weight excluding hydrogens is 228 g/mol. The molecule has 0 bridgehead atoms. The number of benzene rings is 1. The Morgan fingerprint density at radius 2 is 2.22 bits per heavy atom. The molecule has 1 unspecified atom stereocenters. The predicted molar refractivity (Wildman–Crippen MR) is 72.3 cm³/mol. The molecule has 4 nitrogen and oxygen atoms in total. The third-order valence-electron chi connectivity index (χ3n) is 2.91. The third kappa shape index (κ3) is 4.37. The van der Waals surface area contributed by atoms with Gasteiger partial charge in [0.25, 0.3) is 0 Å². The van der Waals surface area contributed by atoms with Gasteiger partial charge < -0.3 is 15.4 Å². The lowest BCUT2D eigenvalue weighted by atomic mass is 10.1. The highest BCUT2D eigenvalue weighted by Crippen LogP contribution is 2.14. The first-order valence-corrected chi connectivity index (χ1v) is 6.13. The first kappa shape index (κ1) is 14.5. The van der Waals surface area contributed by atoms with Gasteiger partial charge in [-0.15, -0.1) is 0 Å². The van der Waals surface area contributed by atoms with E-state index in [1.807, 2.05) is 38.2 Å². The molecule has 2 N–H and O–H groups in total. The molecule has 18 heavy (non-hydrogen) atoms. The molecule has 4 heteroatoms. The van der Waals surface area contributed by atoms with Gasteiger partial charge in [-0.1, -0.05) is 19.1 Å². The van der Waals surface area contributed by atoms with Crippen LogP contribution in [0.3, 0.4) is 0 Å². The van der Waals surface area contributed by atoms with Crippen molar-refractivity contribution < 1.29 is 9.53 Å². The number of rotatable bonds is 6. The van der Waals surface area contributed by atoms with E-state index >= 15 is 0 Å². The normalized spacial score (nSPS) is 12.0. The smallest absolute Gasteiger partial charge is 0.222 e. The largest absolute Gasteiger partial charge is 0.497 e. The molecule has 1 amide bonds. The van der Waals surface area contributed by atoms with Gasteiger partial charge in [-0.3, -0.25) is 4.79 Å². The zero-order valence-electron chi connectivity index (χ0n) is 11.3. The fourth-order valence-corrected chi connectivity index (χ4v) is 1.67. The molecule has 0 radical (unpaired) electrons. The van der Waals surface area contributed by atoms with Crippen LogP contribution in [0.25, 0.3) is 0 Å². The summed E-state index contributed by atoms with van der Waals surface area (Å²) in [6.45, 7) is 3.11. The highest BCUT2D eigenvalue weighted by atomic mass is 16.5. The lowest BCUT2D eigenvalue weighted by Crippen LogP contribution is -2.29. The van der Waals surface area contributed by atoms with Crippen LogP contribution in [-0.4, -0.2) is 31.5 Å². The molecule has 0 aromatic heterocycles. The molecule has 1 atom stereocenters. The minimum atomic E-state index is 0.121. The second-order valence-corrected chi connectivity index (χ2v) is 4.65. The molecule has 0 aliphatic carbocycles. The summed E-state index contributed by atoms with van der Waals surface area (Å²) in [7, 11) is 3.45. The van der Waals surface area contributed by atoms with Crippen molar-refractivity contribution in [2.45, 2.75) is 19.9 Å². The number of methoxy groups -OCH3 is 1. The molecular formula is C14H22N2O2. The Morgan fingerprint density at radius 1 is 1.50 bits per heavy atom. The predicted octanol–water partition coefficient (Wildman–Crippen LogP) is 1.64. The number of nitrogens with zero attached hydrogens (tertiary/aromatic N) is 1. The number of carbonyl (C=O) groups is 1. The summed E-state index contributed by atoms with van der Waals surface area (Å²) in [5.41, 5.74) is 6.58. The van der Waals surface area contributed by atoms with E-state index in [0.29, 0.717) is 19.5 Å². The number of amides is 1. The van der Waals surface area contributed by atoms with Gasteiger partial charge in [0, 0.05) is 20.0 Å². The molecule has 100 valence electrons. The van der Waals surface area contributed by atoms with Crippen molar-refractivity contribution >= 4 is 5.91 Å². The summed E-state index contributed by atoms with van der Waals surface area (Å²) >= 11 is 0. The zero-order chi connectivity index (χ0) is 13.5. The van der Waals surface area contributed by atoms with E-state index in [2.05, 4.69) is 0 Å². The number of hydrogen-bond acceptors (Lipinski definition) is 3. The Morgan fingerprint density at radius 3 is 2.83 bits per heavy atom. The van der Waals surface area contributed by atoms with E-state index in [1.165, 1.54) is 0 Å². The van der Waals surface area contributed by atoms with E-state index < -0.39 is 0 Å². The number of nitrogens with two attached hydrogens (primary N) is 1. The monoisotopic (exact) mass is 250 g/mol. The maximum atomic E-state index is 11.9. The van der Waals surface area contributed by atoms with Crippen LogP contribution in [0, 0.1) is 5.92 Å². The van der Waals surface area contributed by atoms with Crippen LogP contribution in [0.4, 0.5) is 0 Å². The molecule has 0 aliphatic rings. The Labute approximate surface area is 109 Å². The standard InChI is InChI=1S/C14H22N2O2/c1-11(9-15)7-14(17)16(2)10-12-5-4-6-13(8-12)18-3/h4-6,8,11H,7,9-10,15H2,1-3H3. The maximum Gasteiger partial charge on any atom is 0.222 e. The van der Waals surface area contributed by atoms with Crippen LogP contribution in [-0.2, 0) is 11.3 Å². The maximum absolute atomic E-state index is 11.9. The van der Waals surface area contributed by atoms with Crippen molar-refractivity contribution in [1.82, 2.24) is 4.90 Å². The van der Waals surface area contributed by atoms with Crippen LogP contribution >= 0.6 is 0 Å². The SMILES string of the molecule is COc1cccc(CN(C)C(=O)CC(C)CN)c1. The molecule has 1 aromatic rings. The molecule has 0 aliphatic heterocycles. The lowest BCUT2D eigenvalue weighted by Gasteiger charge is -2.19. The second kappa shape index (κ2) is 7.01. The molecule has 0 saturated carbocycles. The van der Waals surface area contributed by atoms with Crippen molar-refractivity contribution in [1.29, 1.82) is 0 Å². The molecule has 0 saturated heterocycles. The van der Waals surface area contributed by atoms with Gasteiger partial charge in [-0.2, -0.15) is 0 Å². The van der Waals surface area contributed by atoms with Crippen LogP contribution in [0.1, 0.15) is 18.9 Å². The van der Waals surface area contributed by atoms with E-state index in [-0.39, 0.29) is 11.8 Å². The Kier molecular flexibility index (Phi) is 5.65. The molecule has 1 rings (SSSR count). The number of carbonyl (C=O) groups excluding carboxylic acids is 1. The topological polar surface area (TPSA) is 55.6 Å². The van der Waals surface area contributed by atoms with Gasteiger partial charge in [0.2, 0.25) is 5.91 Å². The summed E-state index contributed by atoms with van der Waals surface area (Å²) in [4.78, 5) is 13.6. The fraction of sp³-hybridized carbons (Fsp3) is 0.500. The van der Waals surface area contributed by atoms with Crippen molar-refractivity contribution in [3.8, 4) is 5.75 Å². The van der Waals surface area contributed by atoms with E-state index in [0.717, 1.165) is 11.3 Å². The fourth-order valence-electron chi connectivity index (χ4n) is 1.67. The Bertz CT molecular complexity index is 393. The first-order valence-electron chi connectivity index (χ1n) is 6.13. The average molecular weight is 250 g/mol. The number of ether oxygens (including phenoxy) is 1. The second-order valence-electron chi connectivity index (χ2n) is 4.65. The summed E-state index contributed by atoms with van der Waals surface area (Å²) < 4.78 is 5.16. The average Bonchev–Trinajstić information content (AvgIpc) is 2.38.